The predicted molar refractivity (Wildman–Crippen MR) is 46.1 cm³/mol. The SMILES string of the molecule is NCC1CCN(C(=O)OCC(F)(F)F)C1. The third-order valence-electron chi connectivity index (χ3n) is 2.24. The number of alkyl halides is 3. The summed E-state index contributed by atoms with van der Waals surface area (Å²) in [5, 5.41) is 0. The van der Waals surface area contributed by atoms with E-state index >= 15 is 0 Å². The molecule has 1 unspecified atom stereocenters. The third kappa shape index (κ3) is 3.94. The van der Waals surface area contributed by atoms with E-state index in [1.165, 1.54) is 4.90 Å². The van der Waals surface area contributed by atoms with Crippen LogP contribution in [0.5, 0.6) is 0 Å². The fraction of sp³-hybridized carbons (Fsp3) is 0.875. The number of hydrogen-bond acceptors (Lipinski definition) is 3. The highest BCUT2D eigenvalue weighted by molar-refractivity contribution is 5.67. The van der Waals surface area contributed by atoms with Gasteiger partial charge in [0, 0.05) is 13.1 Å². The van der Waals surface area contributed by atoms with Crippen LogP contribution in [0.25, 0.3) is 0 Å². The van der Waals surface area contributed by atoms with E-state index in [2.05, 4.69) is 4.74 Å². The normalized spacial score (nSPS) is 21.9. The van der Waals surface area contributed by atoms with Crippen molar-refractivity contribution in [2.75, 3.05) is 26.2 Å². The summed E-state index contributed by atoms with van der Waals surface area (Å²) in [4.78, 5) is 12.4. The topological polar surface area (TPSA) is 55.6 Å². The highest BCUT2D eigenvalue weighted by atomic mass is 19.4. The Kier molecular flexibility index (Phi) is 3.78. The van der Waals surface area contributed by atoms with E-state index in [0.717, 1.165) is 6.42 Å². The van der Waals surface area contributed by atoms with Crippen molar-refractivity contribution in [2.45, 2.75) is 12.6 Å². The highest BCUT2D eigenvalue weighted by Gasteiger charge is 2.32. The van der Waals surface area contributed by atoms with Gasteiger partial charge in [0.05, 0.1) is 0 Å². The first-order valence-electron chi connectivity index (χ1n) is 4.61. The molecular weight excluding hydrogens is 213 g/mol. The van der Waals surface area contributed by atoms with Crippen LogP contribution in [0, 0.1) is 5.92 Å². The number of likely N-dealkylation sites (tertiary alicyclic amines) is 1. The number of nitrogens with zero attached hydrogens (tertiary/aromatic N) is 1. The Balaban J connectivity index is 2.30. The van der Waals surface area contributed by atoms with Crippen molar-refractivity contribution in [3.05, 3.63) is 0 Å². The molecule has 1 aliphatic rings. The molecule has 1 fully saturated rings. The Bertz CT molecular complexity index is 232. The highest BCUT2D eigenvalue weighted by Crippen LogP contribution is 2.18. The number of rotatable bonds is 2. The monoisotopic (exact) mass is 226 g/mol. The lowest BCUT2D eigenvalue weighted by Gasteiger charge is -2.16. The van der Waals surface area contributed by atoms with Crippen LogP contribution in [0.4, 0.5) is 18.0 Å². The van der Waals surface area contributed by atoms with Crippen LogP contribution in [-0.2, 0) is 4.74 Å². The van der Waals surface area contributed by atoms with Gasteiger partial charge in [-0.1, -0.05) is 0 Å². The van der Waals surface area contributed by atoms with Gasteiger partial charge in [-0.3, -0.25) is 0 Å². The molecule has 0 aromatic rings. The molecule has 0 aliphatic carbocycles. The molecule has 0 spiro atoms. The molecule has 15 heavy (non-hydrogen) atoms. The molecule has 1 rings (SSSR count). The molecule has 0 aromatic carbocycles. The largest absolute Gasteiger partial charge is 0.440 e. The first-order valence-corrected chi connectivity index (χ1v) is 4.61. The van der Waals surface area contributed by atoms with E-state index in [4.69, 9.17) is 5.73 Å². The molecule has 1 aliphatic heterocycles. The number of nitrogens with two attached hydrogens (primary N) is 1. The molecule has 0 aromatic heterocycles. The Hall–Kier alpha value is -0.980. The van der Waals surface area contributed by atoms with Crippen LogP contribution >= 0.6 is 0 Å². The van der Waals surface area contributed by atoms with Gasteiger partial charge in [-0.15, -0.1) is 0 Å². The molecule has 1 amide bonds. The molecule has 7 heteroatoms. The van der Waals surface area contributed by atoms with Crippen LogP contribution < -0.4 is 5.73 Å². The zero-order valence-corrected chi connectivity index (χ0v) is 8.09. The molecule has 1 heterocycles. The van der Waals surface area contributed by atoms with Gasteiger partial charge < -0.3 is 15.4 Å². The van der Waals surface area contributed by atoms with Crippen molar-refractivity contribution in [3.8, 4) is 0 Å². The van der Waals surface area contributed by atoms with Gasteiger partial charge in [0.1, 0.15) is 0 Å². The first kappa shape index (κ1) is 12.1. The minimum absolute atomic E-state index is 0.170. The number of carbonyl (C=O) groups is 1. The van der Waals surface area contributed by atoms with E-state index in [1.807, 2.05) is 0 Å². The van der Waals surface area contributed by atoms with Gasteiger partial charge in [0.25, 0.3) is 0 Å². The van der Waals surface area contributed by atoms with Gasteiger partial charge in [0.2, 0.25) is 0 Å². The fourth-order valence-electron chi connectivity index (χ4n) is 1.43. The van der Waals surface area contributed by atoms with Crippen molar-refractivity contribution >= 4 is 6.09 Å². The lowest BCUT2D eigenvalue weighted by Crippen LogP contribution is -2.33. The Morgan fingerprint density at radius 3 is 2.67 bits per heavy atom. The summed E-state index contributed by atoms with van der Waals surface area (Å²) >= 11 is 0. The van der Waals surface area contributed by atoms with E-state index in [9.17, 15) is 18.0 Å². The van der Waals surface area contributed by atoms with Crippen molar-refractivity contribution in [1.82, 2.24) is 4.90 Å². The molecule has 1 atom stereocenters. The molecule has 0 bridgehead atoms. The standard InChI is InChI=1S/C8H13F3N2O2/c9-8(10,11)5-15-7(14)13-2-1-6(3-12)4-13/h6H,1-5,12H2. The molecule has 0 saturated carbocycles. The van der Waals surface area contributed by atoms with Gasteiger partial charge >= 0.3 is 12.3 Å². The summed E-state index contributed by atoms with van der Waals surface area (Å²) in [6.45, 7) is -0.301. The molecular formula is C8H13F3N2O2. The summed E-state index contributed by atoms with van der Waals surface area (Å²) in [5.74, 6) is 0.170. The lowest BCUT2D eigenvalue weighted by atomic mass is 10.1. The molecule has 2 N–H and O–H groups in total. The van der Waals surface area contributed by atoms with Gasteiger partial charge in [-0.25, -0.2) is 4.79 Å². The quantitative estimate of drug-likeness (QED) is 0.763. The number of amides is 1. The summed E-state index contributed by atoms with van der Waals surface area (Å²) in [6, 6.07) is 0. The van der Waals surface area contributed by atoms with E-state index in [1.54, 1.807) is 0 Å². The van der Waals surface area contributed by atoms with Crippen molar-refractivity contribution in [2.24, 2.45) is 11.7 Å². The molecule has 88 valence electrons. The number of hydrogen-bond donors (Lipinski definition) is 1. The van der Waals surface area contributed by atoms with E-state index < -0.39 is 18.9 Å². The van der Waals surface area contributed by atoms with Gasteiger partial charge in [-0.05, 0) is 18.9 Å². The second kappa shape index (κ2) is 4.69. The van der Waals surface area contributed by atoms with Gasteiger partial charge in [-0.2, -0.15) is 13.2 Å². The molecule has 4 nitrogen and oxygen atoms in total. The van der Waals surface area contributed by atoms with E-state index in [-0.39, 0.29) is 5.92 Å². The maximum atomic E-state index is 11.7. The predicted octanol–water partition coefficient (Wildman–Crippen LogP) is 0.966. The maximum Gasteiger partial charge on any atom is 0.422 e. The molecule has 1 saturated heterocycles. The summed E-state index contributed by atoms with van der Waals surface area (Å²) in [5.41, 5.74) is 5.38. The smallest absolute Gasteiger partial charge is 0.422 e. The zero-order valence-electron chi connectivity index (χ0n) is 8.09. The maximum absolute atomic E-state index is 11.7. The zero-order chi connectivity index (χ0) is 11.5. The van der Waals surface area contributed by atoms with Crippen LogP contribution in [0.3, 0.4) is 0 Å². The van der Waals surface area contributed by atoms with Crippen molar-refractivity contribution < 1.29 is 22.7 Å². The summed E-state index contributed by atoms with van der Waals surface area (Å²) in [6.07, 6.45) is -4.66. The minimum Gasteiger partial charge on any atom is -0.440 e. The Labute approximate surface area is 85.2 Å². The number of halogens is 3. The van der Waals surface area contributed by atoms with Crippen LogP contribution in [-0.4, -0.2) is 43.4 Å². The summed E-state index contributed by atoms with van der Waals surface area (Å²) in [7, 11) is 0. The number of carbonyl (C=O) groups excluding carboxylic acids is 1. The Morgan fingerprint density at radius 2 is 2.20 bits per heavy atom. The Morgan fingerprint density at radius 1 is 1.53 bits per heavy atom. The fourth-order valence-corrected chi connectivity index (χ4v) is 1.43. The van der Waals surface area contributed by atoms with Gasteiger partial charge in [0.15, 0.2) is 6.61 Å². The van der Waals surface area contributed by atoms with Crippen molar-refractivity contribution in [3.63, 3.8) is 0 Å². The third-order valence-corrected chi connectivity index (χ3v) is 2.24. The number of ether oxygens (including phenoxy) is 1. The lowest BCUT2D eigenvalue weighted by molar-refractivity contribution is -0.162. The second-order valence-corrected chi connectivity index (χ2v) is 3.51. The summed E-state index contributed by atoms with van der Waals surface area (Å²) < 4.78 is 39.3. The minimum atomic E-state index is -4.47. The van der Waals surface area contributed by atoms with Crippen LogP contribution in [0.2, 0.25) is 0 Å². The van der Waals surface area contributed by atoms with Crippen molar-refractivity contribution in [1.29, 1.82) is 0 Å². The van der Waals surface area contributed by atoms with E-state index in [0.29, 0.717) is 19.6 Å². The first-order chi connectivity index (χ1) is 6.92. The average Bonchev–Trinajstić information content (AvgIpc) is 2.61. The molecule has 0 radical (unpaired) electrons. The average molecular weight is 226 g/mol. The van der Waals surface area contributed by atoms with Crippen LogP contribution in [0.15, 0.2) is 0 Å². The second-order valence-electron chi connectivity index (χ2n) is 3.51. The van der Waals surface area contributed by atoms with Crippen LogP contribution in [0.1, 0.15) is 6.42 Å².